The molecule has 2 heterocycles. The Morgan fingerprint density at radius 1 is 1.00 bits per heavy atom. The highest BCUT2D eigenvalue weighted by Gasteiger charge is 2.22. The van der Waals surface area contributed by atoms with Gasteiger partial charge in [0.2, 0.25) is 0 Å². The lowest BCUT2D eigenvalue weighted by Gasteiger charge is -2.21. The first kappa shape index (κ1) is 14.4. The van der Waals surface area contributed by atoms with Gasteiger partial charge in [-0.05, 0) is 61.7 Å². The molecule has 0 amide bonds. The van der Waals surface area contributed by atoms with Crippen LogP contribution < -0.4 is 0 Å². The van der Waals surface area contributed by atoms with Crippen molar-refractivity contribution in [3.63, 3.8) is 0 Å². The molecule has 1 unspecified atom stereocenters. The van der Waals surface area contributed by atoms with Crippen molar-refractivity contribution in [1.29, 1.82) is 0 Å². The number of carbonyl (C=O) groups is 1. The Morgan fingerprint density at radius 2 is 1.73 bits per heavy atom. The third kappa shape index (κ3) is 2.50. The maximum absolute atomic E-state index is 11.0. The number of carbonyl (C=O) groups excluding carboxylic acids is 1. The highest BCUT2D eigenvalue weighted by Crippen LogP contribution is 2.35. The number of hydrogen-bond donors (Lipinski definition) is 2. The van der Waals surface area contributed by atoms with Gasteiger partial charge >= 0.3 is 0 Å². The molecule has 0 radical (unpaired) electrons. The molecular weight excluding hydrogens is 272 g/mol. The number of H-pyrrole nitrogens is 2. The predicted molar refractivity (Wildman–Crippen MR) is 88.6 cm³/mol. The van der Waals surface area contributed by atoms with Gasteiger partial charge < -0.3 is 9.97 Å². The van der Waals surface area contributed by atoms with Gasteiger partial charge in [0.15, 0.2) is 6.29 Å². The largest absolute Gasteiger partial charge is 0.364 e. The fourth-order valence-corrected chi connectivity index (χ4v) is 3.32. The van der Waals surface area contributed by atoms with E-state index in [0.717, 1.165) is 17.7 Å². The SMILES string of the molecule is Cc1cc(C)c(C(c2ccc[nH]2)c2ccc(C=O)[nH]2)c(C)c1. The van der Waals surface area contributed by atoms with Crippen molar-refractivity contribution in [3.05, 3.63) is 81.9 Å². The summed E-state index contributed by atoms with van der Waals surface area (Å²) in [5.74, 6) is 0.0734. The Labute approximate surface area is 130 Å². The van der Waals surface area contributed by atoms with Gasteiger partial charge in [-0.1, -0.05) is 17.7 Å². The average Bonchev–Trinajstić information content (AvgIpc) is 3.14. The molecule has 2 N–H and O–H groups in total. The zero-order chi connectivity index (χ0) is 15.7. The van der Waals surface area contributed by atoms with E-state index in [2.05, 4.69) is 48.9 Å². The highest BCUT2D eigenvalue weighted by molar-refractivity contribution is 5.72. The summed E-state index contributed by atoms with van der Waals surface area (Å²) in [6.07, 6.45) is 2.79. The van der Waals surface area contributed by atoms with Crippen molar-refractivity contribution < 1.29 is 4.79 Å². The molecule has 0 aliphatic heterocycles. The van der Waals surface area contributed by atoms with E-state index >= 15 is 0 Å². The van der Waals surface area contributed by atoms with Crippen LogP contribution in [-0.4, -0.2) is 16.3 Å². The fourth-order valence-electron chi connectivity index (χ4n) is 3.32. The molecule has 22 heavy (non-hydrogen) atoms. The van der Waals surface area contributed by atoms with E-state index in [0.29, 0.717) is 5.69 Å². The quantitative estimate of drug-likeness (QED) is 0.693. The molecule has 1 atom stereocenters. The lowest BCUT2D eigenvalue weighted by atomic mass is 9.85. The number of hydrogen-bond acceptors (Lipinski definition) is 1. The van der Waals surface area contributed by atoms with Crippen molar-refractivity contribution >= 4 is 6.29 Å². The molecule has 0 spiro atoms. The van der Waals surface area contributed by atoms with Crippen LogP contribution in [0.4, 0.5) is 0 Å². The van der Waals surface area contributed by atoms with E-state index in [4.69, 9.17) is 0 Å². The van der Waals surface area contributed by atoms with E-state index < -0.39 is 0 Å². The van der Waals surface area contributed by atoms with Crippen molar-refractivity contribution in [2.75, 3.05) is 0 Å². The van der Waals surface area contributed by atoms with Crippen LogP contribution in [0.2, 0.25) is 0 Å². The lowest BCUT2D eigenvalue weighted by Crippen LogP contribution is -2.09. The molecular formula is C19H20N2O. The molecule has 3 rings (SSSR count). The summed E-state index contributed by atoms with van der Waals surface area (Å²) in [6, 6.07) is 12.3. The van der Waals surface area contributed by atoms with E-state index in [1.54, 1.807) is 0 Å². The van der Waals surface area contributed by atoms with Crippen LogP contribution in [0.15, 0.2) is 42.6 Å². The van der Waals surface area contributed by atoms with E-state index in [9.17, 15) is 4.79 Å². The highest BCUT2D eigenvalue weighted by atomic mass is 16.1. The van der Waals surface area contributed by atoms with Gasteiger partial charge in [0.25, 0.3) is 0 Å². The molecule has 3 heteroatoms. The second-order valence-electron chi connectivity index (χ2n) is 5.86. The van der Waals surface area contributed by atoms with Gasteiger partial charge in [0.05, 0.1) is 11.6 Å². The number of aryl methyl sites for hydroxylation is 3. The third-order valence-electron chi connectivity index (χ3n) is 4.13. The van der Waals surface area contributed by atoms with Crippen LogP contribution >= 0.6 is 0 Å². The van der Waals surface area contributed by atoms with Crippen molar-refractivity contribution in [2.24, 2.45) is 0 Å². The maximum atomic E-state index is 11.0. The fraction of sp³-hybridized carbons (Fsp3) is 0.211. The third-order valence-corrected chi connectivity index (χ3v) is 4.13. The zero-order valence-corrected chi connectivity index (χ0v) is 13.1. The Kier molecular flexibility index (Phi) is 3.72. The van der Waals surface area contributed by atoms with E-state index in [-0.39, 0.29) is 5.92 Å². The first-order valence-electron chi connectivity index (χ1n) is 7.45. The van der Waals surface area contributed by atoms with Crippen LogP contribution in [0.1, 0.15) is 50.0 Å². The van der Waals surface area contributed by atoms with Gasteiger partial charge in [-0.3, -0.25) is 4.79 Å². The van der Waals surface area contributed by atoms with Gasteiger partial charge in [-0.2, -0.15) is 0 Å². The summed E-state index contributed by atoms with van der Waals surface area (Å²) in [7, 11) is 0. The van der Waals surface area contributed by atoms with Crippen LogP contribution in [0.25, 0.3) is 0 Å². The Hall–Kier alpha value is -2.55. The molecule has 2 aromatic heterocycles. The van der Waals surface area contributed by atoms with Crippen LogP contribution in [0.5, 0.6) is 0 Å². The van der Waals surface area contributed by atoms with Crippen molar-refractivity contribution in [1.82, 2.24) is 9.97 Å². The molecule has 3 nitrogen and oxygen atoms in total. The van der Waals surface area contributed by atoms with E-state index in [1.165, 1.54) is 22.3 Å². The molecule has 0 aliphatic rings. The van der Waals surface area contributed by atoms with Crippen molar-refractivity contribution in [3.8, 4) is 0 Å². The zero-order valence-electron chi connectivity index (χ0n) is 13.1. The summed E-state index contributed by atoms with van der Waals surface area (Å²) in [5.41, 5.74) is 7.83. The minimum atomic E-state index is 0.0734. The summed E-state index contributed by atoms with van der Waals surface area (Å²) >= 11 is 0. The molecule has 112 valence electrons. The number of benzene rings is 1. The molecule has 0 fully saturated rings. The van der Waals surface area contributed by atoms with Gasteiger partial charge in [-0.25, -0.2) is 0 Å². The lowest BCUT2D eigenvalue weighted by molar-refractivity contribution is 0.111. The standard InChI is InChI=1S/C19H20N2O/c1-12-9-13(2)18(14(3)10-12)19(16-5-4-8-20-16)17-7-6-15(11-22)21-17/h4-11,19-21H,1-3H3. The van der Waals surface area contributed by atoms with Gasteiger partial charge in [-0.15, -0.1) is 0 Å². The Balaban J connectivity index is 2.21. The second kappa shape index (κ2) is 5.68. The molecule has 1 aromatic carbocycles. The summed E-state index contributed by atoms with van der Waals surface area (Å²) < 4.78 is 0. The number of aldehydes is 1. The first-order chi connectivity index (χ1) is 10.6. The van der Waals surface area contributed by atoms with Crippen LogP contribution in [0, 0.1) is 20.8 Å². The van der Waals surface area contributed by atoms with E-state index in [1.807, 2.05) is 24.4 Å². The van der Waals surface area contributed by atoms with Crippen LogP contribution in [0.3, 0.4) is 0 Å². The predicted octanol–water partition coefficient (Wildman–Crippen LogP) is 4.26. The average molecular weight is 292 g/mol. The summed E-state index contributed by atoms with van der Waals surface area (Å²) in [6.45, 7) is 6.41. The van der Waals surface area contributed by atoms with Crippen molar-refractivity contribution in [2.45, 2.75) is 26.7 Å². The Bertz CT molecular complexity index is 774. The normalized spacial score (nSPS) is 12.3. The second-order valence-corrected chi connectivity index (χ2v) is 5.86. The monoisotopic (exact) mass is 292 g/mol. The van der Waals surface area contributed by atoms with Gasteiger partial charge in [0, 0.05) is 17.6 Å². The topological polar surface area (TPSA) is 48.6 Å². The minimum absolute atomic E-state index is 0.0734. The van der Waals surface area contributed by atoms with Gasteiger partial charge in [0.1, 0.15) is 0 Å². The molecule has 0 saturated heterocycles. The smallest absolute Gasteiger partial charge is 0.166 e. The number of aromatic nitrogens is 2. The first-order valence-corrected chi connectivity index (χ1v) is 7.45. The Morgan fingerprint density at radius 3 is 2.27 bits per heavy atom. The molecule has 3 aromatic rings. The molecule has 0 bridgehead atoms. The minimum Gasteiger partial charge on any atom is -0.364 e. The van der Waals surface area contributed by atoms with Crippen LogP contribution in [-0.2, 0) is 0 Å². The molecule has 0 saturated carbocycles. The number of nitrogens with one attached hydrogen (secondary N) is 2. The molecule has 0 aliphatic carbocycles. The summed E-state index contributed by atoms with van der Waals surface area (Å²) in [5, 5.41) is 0. The maximum Gasteiger partial charge on any atom is 0.166 e. The summed E-state index contributed by atoms with van der Waals surface area (Å²) in [4.78, 5) is 17.6. The number of aromatic amines is 2. The number of rotatable bonds is 4.